The van der Waals surface area contributed by atoms with Crippen molar-refractivity contribution in [2.45, 2.75) is 33.2 Å². The van der Waals surface area contributed by atoms with E-state index < -0.39 is 6.04 Å². The highest BCUT2D eigenvalue weighted by Crippen LogP contribution is 2.04. The highest BCUT2D eigenvalue weighted by atomic mass is 16.2. The van der Waals surface area contributed by atoms with Crippen LogP contribution in [-0.4, -0.2) is 17.7 Å². The Morgan fingerprint density at radius 1 is 1.38 bits per heavy atom. The van der Waals surface area contributed by atoms with Gasteiger partial charge in [0.15, 0.2) is 5.78 Å². The maximum Gasteiger partial charge on any atom is 0.251 e. The fraction of sp³-hybridized carbons (Fsp3) is 0.385. The van der Waals surface area contributed by atoms with Gasteiger partial charge in [0.1, 0.15) is 0 Å². The van der Waals surface area contributed by atoms with Crippen LogP contribution in [0.2, 0.25) is 0 Å². The molecule has 0 saturated carbocycles. The monoisotopic (exact) mass is 219 g/mol. The molecule has 1 N–H and O–H groups in total. The molecule has 0 fully saturated rings. The van der Waals surface area contributed by atoms with E-state index >= 15 is 0 Å². The molecule has 3 heteroatoms. The molecule has 86 valence electrons. The minimum absolute atomic E-state index is 0.0426. The number of aryl methyl sites for hydroxylation is 1. The lowest BCUT2D eigenvalue weighted by Gasteiger charge is -2.11. The molecule has 16 heavy (non-hydrogen) atoms. The van der Waals surface area contributed by atoms with E-state index in [2.05, 4.69) is 5.32 Å². The molecular weight excluding hydrogens is 202 g/mol. The SMILES string of the molecule is CCC(=O)C(C)NC(=O)c1cccc(C)c1. The van der Waals surface area contributed by atoms with E-state index in [1.807, 2.05) is 19.1 Å². The summed E-state index contributed by atoms with van der Waals surface area (Å²) in [6.07, 6.45) is 0.440. The molecule has 3 nitrogen and oxygen atoms in total. The first-order valence-corrected chi connectivity index (χ1v) is 5.44. The molecule has 0 aliphatic rings. The fourth-order valence-electron chi connectivity index (χ4n) is 1.45. The number of amides is 1. The lowest BCUT2D eigenvalue weighted by atomic mass is 10.1. The van der Waals surface area contributed by atoms with Crippen molar-refractivity contribution in [1.29, 1.82) is 0 Å². The van der Waals surface area contributed by atoms with E-state index in [0.717, 1.165) is 5.56 Å². The zero-order chi connectivity index (χ0) is 12.1. The van der Waals surface area contributed by atoms with Crippen molar-refractivity contribution in [3.63, 3.8) is 0 Å². The molecule has 0 spiro atoms. The van der Waals surface area contributed by atoms with Crippen LogP contribution < -0.4 is 5.32 Å². The van der Waals surface area contributed by atoms with Crippen LogP contribution in [0.3, 0.4) is 0 Å². The third kappa shape index (κ3) is 3.19. The first kappa shape index (κ1) is 12.4. The number of hydrogen-bond acceptors (Lipinski definition) is 2. The average Bonchev–Trinajstić information content (AvgIpc) is 2.27. The topological polar surface area (TPSA) is 46.2 Å². The largest absolute Gasteiger partial charge is 0.343 e. The number of carbonyl (C=O) groups excluding carboxylic acids is 2. The highest BCUT2D eigenvalue weighted by Gasteiger charge is 2.14. The molecule has 1 aromatic rings. The summed E-state index contributed by atoms with van der Waals surface area (Å²) in [5, 5.41) is 2.69. The molecule has 0 radical (unpaired) electrons. The summed E-state index contributed by atoms with van der Waals surface area (Å²) in [4.78, 5) is 23.1. The van der Waals surface area contributed by atoms with Crippen molar-refractivity contribution in [3.05, 3.63) is 35.4 Å². The zero-order valence-corrected chi connectivity index (χ0v) is 9.91. The summed E-state index contributed by atoms with van der Waals surface area (Å²) in [6, 6.07) is 6.88. The molecule has 1 rings (SSSR count). The molecule has 1 atom stereocenters. The maximum atomic E-state index is 11.8. The molecule has 0 heterocycles. The van der Waals surface area contributed by atoms with Gasteiger partial charge in [-0.15, -0.1) is 0 Å². The molecule has 0 bridgehead atoms. The molecule has 0 aliphatic carbocycles. The summed E-state index contributed by atoms with van der Waals surface area (Å²) in [5.74, 6) is -0.154. The van der Waals surface area contributed by atoms with Crippen LogP contribution in [0.1, 0.15) is 36.2 Å². The Morgan fingerprint density at radius 2 is 2.06 bits per heavy atom. The molecule has 1 amide bonds. The Morgan fingerprint density at radius 3 is 2.62 bits per heavy atom. The van der Waals surface area contributed by atoms with Gasteiger partial charge in [0, 0.05) is 12.0 Å². The summed E-state index contributed by atoms with van der Waals surface area (Å²) in [6.45, 7) is 5.43. The number of hydrogen-bond donors (Lipinski definition) is 1. The number of Topliss-reactive ketones (excluding diaryl/α,β-unsaturated/α-hetero) is 1. The van der Waals surface area contributed by atoms with Gasteiger partial charge in [-0.1, -0.05) is 24.6 Å². The number of benzene rings is 1. The second-order valence-corrected chi connectivity index (χ2v) is 3.88. The van der Waals surface area contributed by atoms with Crippen LogP contribution in [0.15, 0.2) is 24.3 Å². The highest BCUT2D eigenvalue weighted by molar-refractivity contribution is 5.97. The van der Waals surface area contributed by atoms with Gasteiger partial charge in [0.05, 0.1) is 6.04 Å². The molecule has 1 aromatic carbocycles. The Labute approximate surface area is 95.9 Å². The van der Waals surface area contributed by atoms with Crippen LogP contribution in [-0.2, 0) is 4.79 Å². The van der Waals surface area contributed by atoms with Crippen LogP contribution in [0, 0.1) is 6.92 Å². The van der Waals surface area contributed by atoms with E-state index in [0.29, 0.717) is 12.0 Å². The van der Waals surface area contributed by atoms with Gasteiger partial charge in [-0.25, -0.2) is 0 Å². The van der Waals surface area contributed by atoms with Crippen LogP contribution in [0.5, 0.6) is 0 Å². The lowest BCUT2D eigenvalue weighted by molar-refractivity contribution is -0.120. The third-order valence-corrected chi connectivity index (χ3v) is 2.46. The van der Waals surface area contributed by atoms with Gasteiger partial charge >= 0.3 is 0 Å². The molecule has 0 saturated heterocycles. The van der Waals surface area contributed by atoms with E-state index in [-0.39, 0.29) is 11.7 Å². The van der Waals surface area contributed by atoms with E-state index in [9.17, 15) is 9.59 Å². The Kier molecular flexibility index (Phi) is 4.23. The van der Waals surface area contributed by atoms with Crippen molar-refractivity contribution in [1.82, 2.24) is 5.32 Å². The first-order valence-electron chi connectivity index (χ1n) is 5.44. The molecular formula is C13H17NO2. The Hall–Kier alpha value is -1.64. The minimum atomic E-state index is -0.419. The van der Waals surface area contributed by atoms with Crippen molar-refractivity contribution in [2.24, 2.45) is 0 Å². The number of rotatable bonds is 4. The smallest absolute Gasteiger partial charge is 0.251 e. The first-order chi connectivity index (χ1) is 7.54. The summed E-state index contributed by atoms with van der Waals surface area (Å²) >= 11 is 0. The van der Waals surface area contributed by atoms with Gasteiger partial charge in [0.25, 0.3) is 5.91 Å². The summed E-state index contributed by atoms with van der Waals surface area (Å²) in [7, 11) is 0. The molecule has 0 aliphatic heterocycles. The molecule has 0 aromatic heterocycles. The minimum Gasteiger partial charge on any atom is -0.343 e. The van der Waals surface area contributed by atoms with Gasteiger partial charge in [-0.2, -0.15) is 0 Å². The summed E-state index contributed by atoms with van der Waals surface area (Å²) in [5.41, 5.74) is 1.62. The van der Waals surface area contributed by atoms with Gasteiger partial charge in [-0.05, 0) is 26.0 Å². The van der Waals surface area contributed by atoms with Crippen LogP contribution >= 0.6 is 0 Å². The van der Waals surface area contributed by atoms with Crippen molar-refractivity contribution < 1.29 is 9.59 Å². The standard InChI is InChI=1S/C13H17NO2/c1-4-12(15)10(3)14-13(16)11-7-5-6-9(2)8-11/h5-8,10H,4H2,1-3H3,(H,14,16). The lowest BCUT2D eigenvalue weighted by Crippen LogP contribution is -2.38. The number of ketones is 1. The predicted molar refractivity (Wildman–Crippen MR) is 63.4 cm³/mol. The van der Waals surface area contributed by atoms with Crippen molar-refractivity contribution >= 4 is 11.7 Å². The average molecular weight is 219 g/mol. The van der Waals surface area contributed by atoms with Crippen LogP contribution in [0.4, 0.5) is 0 Å². The second-order valence-electron chi connectivity index (χ2n) is 3.88. The van der Waals surface area contributed by atoms with E-state index in [1.165, 1.54) is 0 Å². The Balaban J connectivity index is 2.69. The number of nitrogens with one attached hydrogen (secondary N) is 1. The zero-order valence-electron chi connectivity index (χ0n) is 9.91. The van der Waals surface area contributed by atoms with Gasteiger partial charge in [0.2, 0.25) is 0 Å². The van der Waals surface area contributed by atoms with Crippen molar-refractivity contribution in [3.8, 4) is 0 Å². The molecule has 1 unspecified atom stereocenters. The van der Waals surface area contributed by atoms with Crippen LogP contribution in [0.25, 0.3) is 0 Å². The van der Waals surface area contributed by atoms with Gasteiger partial charge < -0.3 is 5.32 Å². The quantitative estimate of drug-likeness (QED) is 0.842. The Bertz CT molecular complexity index is 399. The van der Waals surface area contributed by atoms with Crippen molar-refractivity contribution in [2.75, 3.05) is 0 Å². The predicted octanol–water partition coefficient (Wildman–Crippen LogP) is 2.09. The summed E-state index contributed by atoms with van der Waals surface area (Å²) < 4.78 is 0. The maximum absolute atomic E-state index is 11.8. The fourth-order valence-corrected chi connectivity index (χ4v) is 1.45. The van der Waals surface area contributed by atoms with E-state index in [1.54, 1.807) is 26.0 Å². The number of carbonyl (C=O) groups is 2. The normalized spacial score (nSPS) is 11.9. The third-order valence-electron chi connectivity index (χ3n) is 2.46. The second kappa shape index (κ2) is 5.45. The van der Waals surface area contributed by atoms with Gasteiger partial charge in [-0.3, -0.25) is 9.59 Å². The van der Waals surface area contributed by atoms with E-state index in [4.69, 9.17) is 0 Å².